The maximum Gasteiger partial charge on any atom is 0.419 e. The largest absolute Gasteiger partial charge is 0.491 e. The summed E-state index contributed by atoms with van der Waals surface area (Å²) in [5, 5.41) is 6.58. The van der Waals surface area contributed by atoms with Crippen molar-refractivity contribution >= 4 is 5.96 Å². The number of piperidine rings is 1. The fourth-order valence-corrected chi connectivity index (χ4v) is 3.10. The van der Waals surface area contributed by atoms with Crippen LogP contribution in [-0.2, 0) is 6.18 Å². The SMILES string of the molecule is C=CCN1CCC(NC(=NCCOc2ccccc2C(F)(F)F)NCC)CC1. The van der Waals surface area contributed by atoms with Crippen LogP contribution in [0.15, 0.2) is 41.9 Å². The van der Waals surface area contributed by atoms with Gasteiger partial charge in [0.2, 0.25) is 0 Å². The van der Waals surface area contributed by atoms with Crippen molar-refractivity contribution < 1.29 is 17.9 Å². The third kappa shape index (κ3) is 7.07. The number of nitrogens with one attached hydrogen (secondary N) is 2. The molecule has 1 aromatic carbocycles. The van der Waals surface area contributed by atoms with Crippen molar-refractivity contribution in [3.8, 4) is 5.75 Å². The van der Waals surface area contributed by atoms with Gasteiger partial charge in [-0.2, -0.15) is 13.2 Å². The number of halogens is 3. The maximum absolute atomic E-state index is 13.0. The fraction of sp³-hybridized carbons (Fsp3) is 0.550. The Morgan fingerprint density at radius 3 is 2.68 bits per heavy atom. The minimum atomic E-state index is -4.43. The molecule has 2 N–H and O–H groups in total. The molecule has 1 saturated heterocycles. The van der Waals surface area contributed by atoms with E-state index in [1.54, 1.807) is 0 Å². The van der Waals surface area contributed by atoms with Gasteiger partial charge >= 0.3 is 6.18 Å². The second kappa shape index (κ2) is 10.9. The quantitative estimate of drug-likeness (QED) is 0.305. The topological polar surface area (TPSA) is 48.9 Å². The number of guanidine groups is 1. The molecule has 1 aliphatic rings. The highest BCUT2D eigenvalue weighted by Gasteiger charge is 2.33. The predicted molar refractivity (Wildman–Crippen MR) is 106 cm³/mol. The highest BCUT2D eigenvalue weighted by molar-refractivity contribution is 5.80. The molecule has 0 atom stereocenters. The zero-order chi connectivity index (χ0) is 20.4. The first-order valence-electron chi connectivity index (χ1n) is 9.61. The lowest BCUT2D eigenvalue weighted by Crippen LogP contribution is -2.48. The highest BCUT2D eigenvalue weighted by Crippen LogP contribution is 2.35. The predicted octanol–water partition coefficient (Wildman–Crippen LogP) is 3.29. The van der Waals surface area contributed by atoms with E-state index in [1.807, 2.05) is 13.0 Å². The van der Waals surface area contributed by atoms with E-state index in [0.29, 0.717) is 18.5 Å². The highest BCUT2D eigenvalue weighted by atomic mass is 19.4. The molecule has 0 amide bonds. The van der Waals surface area contributed by atoms with Gasteiger partial charge in [-0.1, -0.05) is 18.2 Å². The number of ether oxygens (including phenoxy) is 1. The molecule has 0 spiro atoms. The van der Waals surface area contributed by atoms with Gasteiger partial charge in [0, 0.05) is 32.2 Å². The standard InChI is InChI=1S/C20H29F3N4O/c1-3-12-27-13-9-16(10-14-27)26-19(24-4-2)25-11-15-28-18-8-6-5-7-17(18)20(21,22)23/h3,5-8,16H,1,4,9-15H2,2H3,(H2,24,25,26). The Balaban J connectivity index is 1.84. The maximum atomic E-state index is 13.0. The number of likely N-dealkylation sites (tertiary alicyclic amines) is 1. The minimum Gasteiger partial charge on any atom is -0.491 e. The van der Waals surface area contributed by atoms with E-state index in [2.05, 4.69) is 27.1 Å². The Morgan fingerprint density at radius 1 is 1.32 bits per heavy atom. The van der Waals surface area contributed by atoms with Crippen molar-refractivity contribution in [3.05, 3.63) is 42.5 Å². The Kier molecular flexibility index (Phi) is 8.63. The molecule has 156 valence electrons. The first kappa shape index (κ1) is 22.1. The molecule has 0 saturated carbocycles. The molecule has 0 radical (unpaired) electrons. The smallest absolute Gasteiger partial charge is 0.419 e. The molecular formula is C20H29F3N4O. The third-order valence-corrected chi connectivity index (χ3v) is 4.47. The molecule has 28 heavy (non-hydrogen) atoms. The van der Waals surface area contributed by atoms with Crippen molar-refractivity contribution in [3.63, 3.8) is 0 Å². The first-order chi connectivity index (χ1) is 13.4. The van der Waals surface area contributed by atoms with E-state index in [1.165, 1.54) is 18.2 Å². The van der Waals surface area contributed by atoms with Crippen molar-refractivity contribution in [2.75, 3.05) is 39.3 Å². The molecule has 1 heterocycles. The number of rotatable bonds is 8. The van der Waals surface area contributed by atoms with E-state index >= 15 is 0 Å². The minimum absolute atomic E-state index is 0.0709. The first-order valence-corrected chi connectivity index (χ1v) is 9.61. The molecule has 0 bridgehead atoms. The molecule has 1 fully saturated rings. The zero-order valence-corrected chi connectivity index (χ0v) is 16.3. The van der Waals surface area contributed by atoms with Crippen LogP contribution in [-0.4, -0.2) is 56.2 Å². The van der Waals surface area contributed by atoms with Crippen LogP contribution in [0.5, 0.6) is 5.75 Å². The average molecular weight is 398 g/mol. The van der Waals surface area contributed by atoms with Crippen molar-refractivity contribution in [2.24, 2.45) is 4.99 Å². The molecular weight excluding hydrogens is 369 g/mol. The van der Waals surface area contributed by atoms with Crippen LogP contribution in [0.2, 0.25) is 0 Å². The molecule has 0 aromatic heterocycles. The lowest BCUT2D eigenvalue weighted by Gasteiger charge is -2.32. The Hall–Kier alpha value is -2.22. The van der Waals surface area contributed by atoms with Crippen molar-refractivity contribution in [2.45, 2.75) is 32.0 Å². The third-order valence-electron chi connectivity index (χ3n) is 4.47. The van der Waals surface area contributed by atoms with Crippen LogP contribution in [0.4, 0.5) is 13.2 Å². The van der Waals surface area contributed by atoms with E-state index in [0.717, 1.165) is 38.5 Å². The second-order valence-electron chi connectivity index (χ2n) is 6.61. The van der Waals surface area contributed by atoms with Gasteiger partial charge in [0.15, 0.2) is 5.96 Å². The summed E-state index contributed by atoms with van der Waals surface area (Å²) in [4.78, 5) is 6.78. The fourth-order valence-electron chi connectivity index (χ4n) is 3.10. The van der Waals surface area contributed by atoms with Gasteiger partial charge in [0.25, 0.3) is 0 Å². The molecule has 1 aliphatic heterocycles. The summed E-state index contributed by atoms with van der Waals surface area (Å²) in [6.45, 7) is 9.68. The van der Waals surface area contributed by atoms with E-state index in [9.17, 15) is 13.2 Å². The van der Waals surface area contributed by atoms with Crippen molar-refractivity contribution in [1.29, 1.82) is 0 Å². The molecule has 1 aromatic rings. The molecule has 0 aliphatic carbocycles. The number of alkyl halides is 3. The van der Waals surface area contributed by atoms with E-state index in [-0.39, 0.29) is 18.9 Å². The van der Waals surface area contributed by atoms with Gasteiger partial charge in [0.1, 0.15) is 12.4 Å². The van der Waals surface area contributed by atoms with Crippen molar-refractivity contribution in [1.82, 2.24) is 15.5 Å². The number of hydrogen-bond donors (Lipinski definition) is 2. The molecule has 5 nitrogen and oxygen atoms in total. The monoisotopic (exact) mass is 398 g/mol. The number of nitrogens with zero attached hydrogens (tertiary/aromatic N) is 2. The Labute approximate surface area is 164 Å². The van der Waals surface area contributed by atoms with Gasteiger partial charge < -0.3 is 15.4 Å². The zero-order valence-electron chi connectivity index (χ0n) is 16.3. The lowest BCUT2D eigenvalue weighted by molar-refractivity contribution is -0.138. The summed E-state index contributed by atoms with van der Waals surface area (Å²) < 4.78 is 44.3. The summed E-state index contributed by atoms with van der Waals surface area (Å²) in [7, 11) is 0. The van der Waals surface area contributed by atoms with Gasteiger partial charge in [-0.05, 0) is 31.9 Å². The van der Waals surface area contributed by atoms with Gasteiger partial charge in [-0.25, -0.2) is 4.99 Å². The second-order valence-corrected chi connectivity index (χ2v) is 6.61. The van der Waals surface area contributed by atoms with Crippen LogP contribution < -0.4 is 15.4 Å². The molecule has 8 heteroatoms. The van der Waals surface area contributed by atoms with Crippen LogP contribution in [0.1, 0.15) is 25.3 Å². The molecule has 2 rings (SSSR count). The number of benzene rings is 1. The van der Waals surface area contributed by atoms with E-state index < -0.39 is 11.7 Å². The normalized spacial score (nSPS) is 16.6. The number of aliphatic imine (C=N–C) groups is 1. The van der Waals surface area contributed by atoms with Crippen LogP contribution in [0, 0.1) is 0 Å². The van der Waals surface area contributed by atoms with E-state index in [4.69, 9.17) is 4.74 Å². The van der Waals surface area contributed by atoms with Gasteiger partial charge in [-0.15, -0.1) is 6.58 Å². The van der Waals surface area contributed by atoms with Gasteiger partial charge in [0.05, 0.1) is 12.1 Å². The number of hydrogen-bond acceptors (Lipinski definition) is 3. The molecule has 0 unspecified atom stereocenters. The summed E-state index contributed by atoms with van der Waals surface area (Å²) in [5.74, 6) is 0.495. The Bertz CT molecular complexity index is 641. The van der Waals surface area contributed by atoms with Crippen LogP contribution >= 0.6 is 0 Å². The number of para-hydroxylation sites is 1. The summed E-state index contributed by atoms with van der Waals surface area (Å²) >= 11 is 0. The van der Waals surface area contributed by atoms with Crippen LogP contribution in [0.3, 0.4) is 0 Å². The summed E-state index contributed by atoms with van der Waals surface area (Å²) in [6, 6.07) is 5.54. The average Bonchev–Trinajstić information content (AvgIpc) is 2.66. The van der Waals surface area contributed by atoms with Gasteiger partial charge in [-0.3, -0.25) is 4.90 Å². The van der Waals surface area contributed by atoms with Crippen LogP contribution in [0.25, 0.3) is 0 Å². The summed E-state index contributed by atoms with van der Waals surface area (Å²) in [5.41, 5.74) is -0.768. The Morgan fingerprint density at radius 2 is 2.04 bits per heavy atom. The summed E-state index contributed by atoms with van der Waals surface area (Å²) in [6.07, 6.45) is -0.506. The lowest BCUT2D eigenvalue weighted by atomic mass is 10.1.